The molecule has 2 nitrogen and oxygen atoms in total. The molecule has 0 unspecified atom stereocenters. The van der Waals surface area contributed by atoms with Gasteiger partial charge in [-0.25, -0.2) is 4.99 Å². The summed E-state index contributed by atoms with van der Waals surface area (Å²) in [5, 5.41) is 0.678. The standard InChI is InChI=1S/C23H19ClN2/c1-2-17-3-8-19(9-4-17)20-10-5-18(6-11-20)7-16-23(25)26-22-14-12-21(24)13-15-22/h2-16H,1H2,(H2,25,26). The maximum Gasteiger partial charge on any atom is 0.124 e. The summed E-state index contributed by atoms with van der Waals surface area (Å²) in [6, 6.07) is 23.8. The molecule has 0 bridgehead atoms. The Bertz CT molecular complexity index is 935. The van der Waals surface area contributed by atoms with E-state index in [0.717, 1.165) is 16.8 Å². The zero-order valence-electron chi connectivity index (χ0n) is 14.3. The minimum absolute atomic E-state index is 0.441. The Kier molecular flexibility index (Phi) is 5.67. The summed E-state index contributed by atoms with van der Waals surface area (Å²) in [7, 11) is 0. The molecule has 0 saturated heterocycles. The van der Waals surface area contributed by atoms with E-state index in [1.54, 1.807) is 18.2 Å². The van der Waals surface area contributed by atoms with Crippen molar-refractivity contribution in [2.24, 2.45) is 10.7 Å². The zero-order valence-corrected chi connectivity index (χ0v) is 15.0. The van der Waals surface area contributed by atoms with Gasteiger partial charge in [0, 0.05) is 5.02 Å². The highest BCUT2D eigenvalue weighted by Crippen LogP contribution is 2.21. The van der Waals surface area contributed by atoms with E-state index < -0.39 is 0 Å². The monoisotopic (exact) mass is 358 g/mol. The van der Waals surface area contributed by atoms with E-state index in [2.05, 4.69) is 60.1 Å². The number of rotatable bonds is 5. The van der Waals surface area contributed by atoms with Crippen molar-refractivity contribution >= 4 is 35.3 Å². The summed E-state index contributed by atoms with van der Waals surface area (Å²) in [6.07, 6.45) is 5.58. The lowest BCUT2D eigenvalue weighted by molar-refractivity contribution is 1.48. The molecule has 2 N–H and O–H groups in total. The largest absolute Gasteiger partial charge is 0.384 e. The van der Waals surface area contributed by atoms with E-state index in [-0.39, 0.29) is 0 Å². The first kappa shape index (κ1) is 17.7. The molecule has 0 amide bonds. The molecule has 3 heteroatoms. The van der Waals surface area contributed by atoms with Gasteiger partial charge in [0.05, 0.1) is 5.69 Å². The topological polar surface area (TPSA) is 38.4 Å². The van der Waals surface area contributed by atoms with Crippen LogP contribution >= 0.6 is 11.6 Å². The van der Waals surface area contributed by atoms with E-state index in [1.165, 1.54) is 11.1 Å². The molecule has 0 radical (unpaired) electrons. The van der Waals surface area contributed by atoms with Gasteiger partial charge in [0.25, 0.3) is 0 Å². The minimum Gasteiger partial charge on any atom is -0.384 e. The van der Waals surface area contributed by atoms with E-state index in [4.69, 9.17) is 17.3 Å². The lowest BCUT2D eigenvalue weighted by atomic mass is 10.0. The molecule has 0 aromatic heterocycles. The Hall–Kier alpha value is -3.10. The van der Waals surface area contributed by atoms with Gasteiger partial charge in [-0.15, -0.1) is 0 Å². The summed E-state index contributed by atoms with van der Waals surface area (Å²) in [4.78, 5) is 4.34. The van der Waals surface area contributed by atoms with Crippen molar-refractivity contribution in [2.75, 3.05) is 0 Å². The van der Waals surface area contributed by atoms with Gasteiger partial charge in [-0.1, -0.05) is 78.9 Å². The highest BCUT2D eigenvalue weighted by molar-refractivity contribution is 6.30. The molecule has 0 saturated carbocycles. The van der Waals surface area contributed by atoms with Gasteiger partial charge in [-0.2, -0.15) is 0 Å². The first-order valence-electron chi connectivity index (χ1n) is 8.25. The normalized spacial score (nSPS) is 11.7. The summed E-state index contributed by atoms with van der Waals surface area (Å²) in [5.74, 6) is 0.441. The lowest BCUT2D eigenvalue weighted by Crippen LogP contribution is -2.06. The quantitative estimate of drug-likeness (QED) is 0.418. The Morgan fingerprint density at radius 1 is 0.808 bits per heavy atom. The van der Waals surface area contributed by atoms with Crippen molar-refractivity contribution < 1.29 is 0 Å². The predicted octanol–water partition coefficient (Wildman–Crippen LogP) is 6.35. The fourth-order valence-corrected chi connectivity index (χ4v) is 2.61. The molecule has 0 aliphatic rings. The van der Waals surface area contributed by atoms with Gasteiger partial charge in [-0.05, 0) is 52.6 Å². The van der Waals surface area contributed by atoms with E-state index >= 15 is 0 Å². The number of benzene rings is 3. The molecule has 0 atom stereocenters. The molecule has 0 aliphatic carbocycles. The van der Waals surface area contributed by atoms with Gasteiger partial charge in [0.15, 0.2) is 0 Å². The van der Waals surface area contributed by atoms with E-state index in [1.807, 2.05) is 24.3 Å². The number of aliphatic imine (C=N–C) groups is 1. The Morgan fingerprint density at radius 3 is 1.88 bits per heavy atom. The fraction of sp³-hybridized carbons (Fsp3) is 0. The number of nitrogens with two attached hydrogens (primary N) is 1. The van der Waals surface area contributed by atoms with Crippen molar-refractivity contribution in [3.8, 4) is 11.1 Å². The Labute approximate surface area is 159 Å². The zero-order chi connectivity index (χ0) is 18.4. The minimum atomic E-state index is 0.441. The molecule has 3 aromatic carbocycles. The first-order chi connectivity index (χ1) is 12.6. The van der Waals surface area contributed by atoms with Crippen molar-refractivity contribution in [3.63, 3.8) is 0 Å². The van der Waals surface area contributed by atoms with Crippen LogP contribution in [0.5, 0.6) is 0 Å². The number of hydrogen-bond donors (Lipinski definition) is 1. The van der Waals surface area contributed by atoms with Crippen LogP contribution in [0.25, 0.3) is 23.3 Å². The maximum absolute atomic E-state index is 5.96. The van der Waals surface area contributed by atoms with Crippen LogP contribution in [0.4, 0.5) is 5.69 Å². The SMILES string of the molecule is C=Cc1ccc(-c2ccc(C=CC(N)=Nc3ccc(Cl)cc3)cc2)cc1. The second-order valence-electron chi connectivity index (χ2n) is 5.79. The lowest BCUT2D eigenvalue weighted by Gasteiger charge is -2.03. The van der Waals surface area contributed by atoms with Crippen molar-refractivity contribution in [2.45, 2.75) is 0 Å². The molecule has 128 valence electrons. The van der Waals surface area contributed by atoms with E-state index in [0.29, 0.717) is 10.9 Å². The third kappa shape index (κ3) is 4.71. The average molecular weight is 359 g/mol. The molecule has 0 heterocycles. The Balaban J connectivity index is 1.70. The average Bonchev–Trinajstić information content (AvgIpc) is 2.69. The molecule has 0 aliphatic heterocycles. The maximum atomic E-state index is 5.96. The number of hydrogen-bond acceptors (Lipinski definition) is 1. The van der Waals surface area contributed by atoms with Gasteiger partial charge in [0.2, 0.25) is 0 Å². The third-order valence-corrected chi connectivity index (χ3v) is 4.17. The molecule has 26 heavy (non-hydrogen) atoms. The summed E-state index contributed by atoms with van der Waals surface area (Å²) in [5.41, 5.74) is 11.3. The Morgan fingerprint density at radius 2 is 1.35 bits per heavy atom. The second-order valence-corrected chi connectivity index (χ2v) is 6.23. The fourth-order valence-electron chi connectivity index (χ4n) is 2.48. The first-order valence-corrected chi connectivity index (χ1v) is 8.62. The molecular formula is C23H19ClN2. The summed E-state index contributed by atoms with van der Waals surface area (Å²) in [6.45, 7) is 3.78. The van der Waals surface area contributed by atoms with Crippen molar-refractivity contribution in [1.29, 1.82) is 0 Å². The third-order valence-electron chi connectivity index (χ3n) is 3.92. The highest BCUT2D eigenvalue weighted by atomic mass is 35.5. The predicted molar refractivity (Wildman–Crippen MR) is 114 cm³/mol. The number of amidine groups is 1. The van der Waals surface area contributed by atoms with Crippen LogP contribution in [0.15, 0.2) is 90.4 Å². The molecule has 0 fully saturated rings. The van der Waals surface area contributed by atoms with Crippen LogP contribution in [0.1, 0.15) is 11.1 Å². The smallest absolute Gasteiger partial charge is 0.124 e. The van der Waals surface area contributed by atoms with Crippen molar-refractivity contribution in [1.82, 2.24) is 0 Å². The van der Waals surface area contributed by atoms with E-state index in [9.17, 15) is 0 Å². The van der Waals surface area contributed by atoms with Gasteiger partial charge >= 0.3 is 0 Å². The molecular weight excluding hydrogens is 340 g/mol. The molecule has 0 spiro atoms. The van der Waals surface area contributed by atoms with Crippen LogP contribution in [-0.4, -0.2) is 5.84 Å². The van der Waals surface area contributed by atoms with Crippen molar-refractivity contribution in [3.05, 3.63) is 102 Å². The van der Waals surface area contributed by atoms with Crippen LogP contribution in [0.3, 0.4) is 0 Å². The molecule has 3 rings (SSSR count). The van der Waals surface area contributed by atoms with Crippen LogP contribution in [0.2, 0.25) is 5.02 Å². The summed E-state index contributed by atoms with van der Waals surface area (Å²) >= 11 is 5.86. The summed E-state index contributed by atoms with van der Waals surface area (Å²) < 4.78 is 0. The second kappa shape index (κ2) is 8.32. The number of nitrogens with zero attached hydrogens (tertiary/aromatic N) is 1. The highest BCUT2D eigenvalue weighted by Gasteiger charge is 1.97. The van der Waals surface area contributed by atoms with Gasteiger partial charge < -0.3 is 5.73 Å². The van der Waals surface area contributed by atoms with Gasteiger partial charge in [0.1, 0.15) is 5.84 Å². The van der Waals surface area contributed by atoms with Crippen LogP contribution < -0.4 is 5.73 Å². The number of halogens is 1. The van der Waals surface area contributed by atoms with Crippen LogP contribution in [-0.2, 0) is 0 Å². The molecule has 3 aromatic rings. The van der Waals surface area contributed by atoms with Gasteiger partial charge in [-0.3, -0.25) is 0 Å². The van der Waals surface area contributed by atoms with Crippen LogP contribution in [0, 0.1) is 0 Å².